The Kier molecular flexibility index (Phi) is 7.53. The van der Waals surface area contributed by atoms with Crippen molar-refractivity contribution in [1.82, 2.24) is 10.0 Å². The number of hydrogen-bond acceptors (Lipinski definition) is 6. The summed E-state index contributed by atoms with van der Waals surface area (Å²) in [6.07, 6.45) is 7.25. The van der Waals surface area contributed by atoms with E-state index in [4.69, 9.17) is 9.47 Å². The van der Waals surface area contributed by atoms with Crippen molar-refractivity contribution < 1.29 is 9.47 Å². The molecular weight excluding hydrogens is 404 g/mol. The van der Waals surface area contributed by atoms with E-state index in [1.165, 1.54) is 38.5 Å². The monoisotopic (exact) mass is 436 g/mol. The van der Waals surface area contributed by atoms with E-state index in [0.29, 0.717) is 0 Å². The van der Waals surface area contributed by atoms with Gasteiger partial charge in [0.05, 0.1) is 25.6 Å². The Labute approximate surface area is 189 Å². The molecule has 8 heteroatoms. The topological polar surface area (TPSA) is 74.4 Å². The van der Waals surface area contributed by atoms with E-state index in [-0.39, 0.29) is 0 Å². The largest absolute Gasteiger partial charge is 0.496 e. The van der Waals surface area contributed by atoms with Crippen molar-refractivity contribution in [3.8, 4) is 22.6 Å². The van der Waals surface area contributed by atoms with Gasteiger partial charge >= 0.3 is 0 Å². The van der Waals surface area contributed by atoms with Gasteiger partial charge in [-0.3, -0.25) is 10.0 Å². The third kappa shape index (κ3) is 5.55. The van der Waals surface area contributed by atoms with Gasteiger partial charge in [-0.2, -0.15) is 0 Å². The summed E-state index contributed by atoms with van der Waals surface area (Å²) < 4.78 is 11.3. The third-order valence-electron chi connectivity index (χ3n) is 5.90. The molecule has 0 radical (unpaired) electrons. The fraction of sp³-hybridized carbons (Fsp3) is 0.500. The quantitative estimate of drug-likeness (QED) is 0.475. The van der Waals surface area contributed by atoms with Gasteiger partial charge in [-0.25, -0.2) is 0 Å². The molecule has 2 fully saturated rings. The molecule has 32 heavy (non-hydrogen) atoms. The van der Waals surface area contributed by atoms with Crippen molar-refractivity contribution in [3.05, 3.63) is 36.4 Å². The highest BCUT2D eigenvalue weighted by Crippen LogP contribution is 2.40. The first kappa shape index (κ1) is 22.0. The summed E-state index contributed by atoms with van der Waals surface area (Å²) in [6.45, 7) is 3.88. The number of methoxy groups -OCH3 is 2. The average Bonchev–Trinajstić information content (AvgIpc) is 2.87. The highest BCUT2D eigenvalue weighted by Gasteiger charge is 2.14. The van der Waals surface area contributed by atoms with E-state index in [1.54, 1.807) is 14.2 Å². The molecule has 0 spiro atoms. The molecular formula is C24H32N6O2. The minimum Gasteiger partial charge on any atom is -0.496 e. The zero-order valence-electron chi connectivity index (χ0n) is 19.0. The van der Waals surface area contributed by atoms with Crippen molar-refractivity contribution in [2.45, 2.75) is 38.5 Å². The average molecular weight is 437 g/mol. The van der Waals surface area contributed by atoms with Gasteiger partial charge in [0, 0.05) is 49.4 Å². The normalized spacial score (nSPS) is 17.3. The summed E-state index contributed by atoms with van der Waals surface area (Å²) in [6, 6.07) is 11.7. The van der Waals surface area contributed by atoms with Gasteiger partial charge in [-0.15, -0.1) is 10.2 Å². The van der Waals surface area contributed by atoms with Gasteiger partial charge in [0.15, 0.2) is 0 Å². The second kappa shape index (κ2) is 10.9. The van der Waals surface area contributed by atoms with Gasteiger partial charge in [0.1, 0.15) is 11.5 Å². The van der Waals surface area contributed by atoms with Crippen molar-refractivity contribution in [2.75, 3.05) is 40.4 Å². The van der Waals surface area contributed by atoms with Crippen LogP contribution >= 0.6 is 0 Å². The SMILES string of the molecule is COc1cc(N=NN2CCCCC2)ccc1-c1ccc(N=NN2CCCCC2)cc1OC. The van der Waals surface area contributed by atoms with Crippen LogP contribution in [0.5, 0.6) is 11.5 Å². The molecule has 2 aromatic rings. The summed E-state index contributed by atoms with van der Waals surface area (Å²) >= 11 is 0. The van der Waals surface area contributed by atoms with Crippen LogP contribution < -0.4 is 9.47 Å². The third-order valence-corrected chi connectivity index (χ3v) is 5.90. The molecule has 0 amide bonds. The summed E-state index contributed by atoms with van der Waals surface area (Å²) in [5, 5.41) is 21.6. The van der Waals surface area contributed by atoms with Gasteiger partial charge < -0.3 is 9.47 Å². The predicted molar refractivity (Wildman–Crippen MR) is 125 cm³/mol. The molecule has 2 aliphatic heterocycles. The van der Waals surface area contributed by atoms with Crippen molar-refractivity contribution >= 4 is 11.4 Å². The second-order valence-electron chi connectivity index (χ2n) is 8.18. The van der Waals surface area contributed by atoms with Crippen LogP contribution in [0.3, 0.4) is 0 Å². The molecule has 2 heterocycles. The van der Waals surface area contributed by atoms with Crippen LogP contribution in [0.25, 0.3) is 11.1 Å². The maximum atomic E-state index is 5.67. The Balaban J connectivity index is 1.53. The van der Waals surface area contributed by atoms with Gasteiger partial charge in [-0.05, 0) is 62.8 Å². The summed E-state index contributed by atoms with van der Waals surface area (Å²) in [7, 11) is 3.33. The Morgan fingerprint density at radius 2 is 1.00 bits per heavy atom. The van der Waals surface area contributed by atoms with Crippen LogP contribution in [0.2, 0.25) is 0 Å². The van der Waals surface area contributed by atoms with Gasteiger partial charge in [0.2, 0.25) is 0 Å². The van der Waals surface area contributed by atoms with Crippen molar-refractivity contribution in [3.63, 3.8) is 0 Å². The molecule has 170 valence electrons. The van der Waals surface area contributed by atoms with E-state index in [0.717, 1.165) is 60.2 Å². The number of hydrogen-bond donors (Lipinski definition) is 0. The fourth-order valence-electron chi connectivity index (χ4n) is 4.09. The van der Waals surface area contributed by atoms with Crippen molar-refractivity contribution in [1.29, 1.82) is 0 Å². The summed E-state index contributed by atoms with van der Waals surface area (Å²) in [5.74, 6) is 1.45. The Morgan fingerprint density at radius 3 is 1.38 bits per heavy atom. The minimum atomic E-state index is 0.723. The highest BCUT2D eigenvalue weighted by molar-refractivity contribution is 5.79. The van der Waals surface area contributed by atoms with Crippen LogP contribution in [0, 0.1) is 0 Å². The van der Waals surface area contributed by atoms with Gasteiger partial charge in [0.25, 0.3) is 0 Å². The summed E-state index contributed by atoms with van der Waals surface area (Å²) in [4.78, 5) is 0. The molecule has 2 aliphatic rings. The lowest BCUT2D eigenvalue weighted by Gasteiger charge is -2.22. The lowest BCUT2D eigenvalue weighted by Crippen LogP contribution is -2.23. The second-order valence-corrected chi connectivity index (χ2v) is 8.18. The first-order chi connectivity index (χ1) is 15.8. The fourth-order valence-corrected chi connectivity index (χ4v) is 4.09. The molecule has 0 atom stereocenters. The molecule has 2 aromatic carbocycles. The van der Waals surface area contributed by atoms with E-state index < -0.39 is 0 Å². The zero-order valence-corrected chi connectivity index (χ0v) is 19.0. The number of nitrogens with zero attached hydrogens (tertiary/aromatic N) is 6. The molecule has 0 aromatic heterocycles. The number of rotatable bonds is 7. The summed E-state index contributed by atoms with van der Waals surface area (Å²) in [5.41, 5.74) is 3.39. The maximum absolute atomic E-state index is 5.67. The molecule has 8 nitrogen and oxygen atoms in total. The van der Waals surface area contributed by atoms with E-state index in [1.807, 2.05) is 46.4 Å². The highest BCUT2D eigenvalue weighted by atomic mass is 16.5. The van der Waals surface area contributed by atoms with E-state index in [2.05, 4.69) is 20.7 Å². The van der Waals surface area contributed by atoms with Gasteiger partial charge in [-0.1, -0.05) is 10.4 Å². The maximum Gasteiger partial charge on any atom is 0.129 e. The molecule has 0 saturated carbocycles. The number of piperidine rings is 2. The lowest BCUT2D eigenvalue weighted by atomic mass is 10.0. The first-order valence-corrected chi connectivity index (χ1v) is 11.5. The van der Waals surface area contributed by atoms with E-state index >= 15 is 0 Å². The number of ether oxygens (including phenoxy) is 2. The van der Waals surface area contributed by atoms with Crippen molar-refractivity contribution in [2.24, 2.45) is 20.7 Å². The predicted octanol–water partition coefficient (Wildman–Crippen LogP) is 6.34. The van der Waals surface area contributed by atoms with Crippen LogP contribution in [-0.2, 0) is 0 Å². The Bertz CT molecular complexity index is 872. The molecule has 0 unspecified atom stereocenters. The Hall–Kier alpha value is -3.16. The molecule has 0 aliphatic carbocycles. The molecule has 4 rings (SSSR count). The van der Waals surface area contributed by atoms with Crippen LogP contribution in [0.1, 0.15) is 38.5 Å². The Morgan fingerprint density at radius 1 is 0.594 bits per heavy atom. The van der Waals surface area contributed by atoms with Crippen LogP contribution in [0.4, 0.5) is 11.4 Å². The first-order valence-electron chi connectivity index (χ1n) is 11.5. The van der Waals surface area contributed by atoms with Crippen LogP contribution in [-0.4, -0.2) is 50.4 Å². The molecule has 0 N–H and O–H groups in total. The molecule has 2 saturated heterocycles. The molecule has 0 bridgehead atoms. The number of benzene rings is 2. The standard InChI is InChI=1S/C24H32N6O2/c1-31-23-17-19(25-27-29-13-5-3-6-14-29)9-11-21(23)22-12-10-20(18-24(22)32-2)26-28-30-15-7-4-8-16-30/h9-12,17-18H,3-8,13-16H2,1-2H3. The minimum absolute atomic E-state index is 0.723. The smallest absolute Gasteiger partial charge is 0.129 e. The van der Waals surface area contributed by atoms with Crippen LogP contribution in [0.15, 0.2) is 57.1 Å². The zero-order chi connectivity index (χ0) is 22.2. The lowest BCUT2D eigenvalue weighted by molar-refractivity contribution is 0.224. The van der Waals surface area contributed by atoms with E-state index in [9.17, 15) is 0 Å².